The summed E-state index contributed by atoms with van der Waals surface area (Å²) in [6.07, 6.45) is 2.11. The van der Waals surface area contributed by atoms with Crippen LogP contribution in [0.5, 0.6) is 5.75 Å². The zero-order valence-electron chi connectivity index (χ0n) is 20.6. The Morgan fingerprint density at radius 1 is 1.08 bits per heavy atom. The molecule has 0 unspecified atom stereocenters. The van der Waals surface area contributed by atoms with Crippen molar-refractivity contribution < 1.29 is 23.4 Å². The third-order valence-electron chi connectivity index (χ3n) is 6.23. The molecule has 0 aliphatic rings. The third-order valence-corrected chi connectivity index (χ3v) is 7.62. The number of phenolic OH excluding ortho intramolecular Hbond substituents is 1. The molecule has 4 rings (SSSR count). The number of hydrogen-bond acceptors (Lipinski definition) is 7. The van der Waals surface area contributed by atoms with Crippen LogP contribution in [0.3, 0.4) is 0 Å². The number of sulfonamides is 1. The number of fused-ring (bicyclic) bond motifs is 1. The summed E-state index contributed by atoms with van der Waals surface area (Å²) < 4.78 is 29.7. The van der Waals surface area contributed by atoms with Gasteiger partial charge in [-0.3, -0.25) is 9.52 Å². The number of rotatable bonds is 11. The lowest BCUT2D eigenvalue weighted by Gasteiger charge is -2.28. The quantitative estimate of drug-likeness (QED) is 0.220. The van der Waals surface area contributed by atoms with Crippen molar-refractivity contribution in [2.75, 3.05) is 11.3 Å². The number of aromatic hydroxyl groups is 1. The van der Waals surface area contributed by atoms with Gasteiger partial charge < -0.3 is 20.1 Å². The molecule has 0 saturated carbocycles. The zero-order valence-corrected chi connectivity index (χ0v) is 21.4. The Hall–Kier alpha value is -3.73. The predicted octanol–water partition coefficient (Wildman–Crippen LogP) is 3.85. The minimum Gasteiger partial charge on any atom is -0.507 e. The molecule has 1 heterocycles. The van der Waals surface area contributed by atoms with Gasteiger partial charge in [-0.1, -0.05) is 30.3 Å². The van der Waals surface area contributed by atoms with E-state index >= 15 is 0 Å². The standard InChI is InChI=1S/C27H30N4O5S/c1-27(2,11-12-31-18-28-23-14-20(17-32)25(33)15-24(23)31)29-16-26(34)19-7-6-8-21(13-19)30-37(35,36)22-9-4-3-5-10-22/h3-10,13-15,17-18,26,29-30,33-34H,11-12,16H2,1-2H3/t26-/m0/s1. The highest BCUT2D eigenvalue weighted by Gasteiger charge is 2.21. The number of aliphatic hydroxyl groups is 1. The van der Waals surface area contributed by atoms with E-state index in [-0.39, 0.29) is 28.3 Å². The van der Waals surface area contributed by atoms with Crippen LogP contribution >= 0.6 is 0 Å². The molecule has 3 aromatic carbocycles. The summed E-state index contributed by atoms with van der Waals surface area (Å²) in [6.45, 7) is 4.90. The maximum atomic E-state index is 12.6. The van der Waals surface area contributed by atoms with Crippen LogP contribution in [0, 0.1) is 0 Å². The lowest BCUT2D eigenvalue weighted by atomic mass is 9.99. The van der Waals surface area contributed by atoms with Gasteiger partial charge in [-0.05, 0) is 56.2 Å². The van der Waals surface area contributed by atoms with Gasteiger partial charge in [-0.15, -0.1) is 0 Å². The number of β-amino-alcohol motifs (C(OH)–C–C–N with tert-alkyl or cyclic N) is 1. The molecule has 0 radical (unpaired) electrons. The number of phenols is 1. The summed E-state index contributed by atoms with van der Waals surface area (Å²) in [5.74, 6) is -0.0851. The van der Waals surface area contributed by atoms with Crippen LogP contribution in [-0.4, -0.2) is 46.6 Å². The number of nitrogens with one attached hydrogen (secondary N) is 2. The molecule has 9 nitrogen and oxygen atoms in total. The number of anilines is 1. The number of aryl methyl sites for hydroxylation is 1. The largest absolute Gasteiger partial charge is 0.507 e. The molecule has 4 N–H and O–H groups in total. The van der Waals surface area contributed by atoms with Crippen LogP contribution in [0.4, 0.5) is 5.69 Å². The van der Waals surface area contributed by atoms with Gasteiger partial charge in [0.2, 0.25) is 0 Å². The van der Waals surface area contributed by atoms with Crippen molar-refractivity contribution in [3.63, 3.8) is 0 Å². The van der Waals surface area contributed by atoms with Crippen molar-refractivity contribution in [1.29, 1.82) is 0 Å². The fraction of sp³-hybridized carbons (Fsp3) is 0.259. The number of benzene rings is 3. The van der Waals surface area contributed by atoms with Crippen molar-refractivity contribution in [3.05, 3.63) is 84.2 Å². The lowest BCUT2D eigenvalue weighted by Crippen LogP contribution is -2.42. The highest BCUT2D eigenvalue weighted by molar-refractivity contribution is 7.92. The Labute approximate surface area is 215 Å². The minimum atomic E-state index is -3.73. The number of aldehydes is 1. The van der Waals surface area contributed by atoms with Crippen molar-refractivity contribution >= 4 is 33.0 Å². The molecule has 4 aromatic rings. The Morgan fingerprint density at radius 2 is 1.84 bits per heavy atom. The van der Waals surface area contributed by atoms with Gasteiger partial charge in [0.15, 0.2) is 6.29 Å². The lowest BCUT2D eigenvalue weighted by molar-refractivity contribution is 0.112. The number of aliphatic hydroxyl groups excluding tert-OH is 1. The molecule has 0 bridgehead atoms. The smallest absolute Gasteiger partial charge is 0.261 e. The predicted molar refractivity (Wildman–Crippen MR) is 142 cm³/mol. The topological polar surface area (TPSA) is 134 Å². The van der Waals surface area contributed by atoms with Crippen molar-refractivity contribution in [1.82, 2.24) is 14.9 Å². The molecule has 10 heteroatoms. The highest BCUT2D eigenvalue weighted by atomic mass is 32.2. The fourth-order valence-electron chi connectivity index (χ4n) is 3.98. The van der Waals surface area contributed by atoms with Crippen LogP contribution < -0.4 is 10.0 Å². The Balaban J connectivity index is 1.36. The molecule has 1 atom stereocenters. The van der Waals surface area contributed by atoms with Gasteiger partial charge in [0.05, 0.1) is 33.9 Å². The molecule has 0 fully saturated rings. The first-order chi connectivity index (χ1) is 17.6. The van der Waals surface area contributed by atoms with Gasteiger partial charge >= 0.3 is 0 Å². The van der Waals surface area contributed by atoms with Crippen LogP contribution in [0.2, 0.25) is 0 Å². The van der Waals surface area contributed by atoms with Gasteiger partial charge in [0.1, 0.15) is 5.75 Å². The summed E-state index contributed by atoms with van der Waals surface area (Å²) in [6, 6.07) is 17.9. The number of carbonyl (C=O) groups excluding carboxylic acids is 1. The van der Waals surface area contributed by atoms with E-state index in [1.54, 1.807) is 54.9 Å². The molecule has 0 saturated heterocycles. The summed E-state index contributed by atoms with van der Waals surface area (Å²) >= 11 is 0. The molecule has 0 aliphatic carbocycles. The molecule has 37 heavy (non-hydrogen) atoms. The Kier molecular flexibility index (Phi) is 7.63. The first-order valence-electron chi connectivity index (χ1n) is 11.8. The maximum absolute atomic E-state index is 12.6. The summed E-state index contributed by atoms with van der Waals surface area (Å²) in [7, 11) is -3.73. The van der Waals surface area contributed by atoms with Gasteiger partial charge in [0.25, 0.3) is 10.0 Å². The van der Waals surface area contributed by atoms with E-state index in [1.165, 1.54) is 18.2 Å². The van der Waals surface area contributed by atoms with Crippen molar-refractivity contribution in [2.45, 2.75) is 43.4 Å². The number of carbonyl (C=O) groups is 1. The summed E-state index contributed by atoms with van der Waals surface area (Å²) in [5, 5.41) is 24.2. The maximum Gasteiger partial charge on any atom is 0.261 e. The number of aromatic nitrogens is 2. The minimum absolute atomic E-state index is 0.0851. The monoisotopic (exact) mass is 522 g/mol. The van der Waals surface area contributed by atoms with E-state index in [1.807, 2.05) is 18.4 Å². The van der Waals surface area contributed by atoms with E-state index in [4.69, 9.17) is 0 Å². The molecular formula is C27H30N4O5S. The van der Waals surface area contributed by atoms with Crippen LogP contribution in [0.15, 0.2) is 78.0 Å². The Bertz CT molecular complexity index is 1500. The van der Waals surface area contributed by atoms with Crippen molar-refractivity contribution in [3.8, 4) is 5.75 Å². The SMILES string of the molecule is CC(C)(CCn1cnc2cc(C=O)c(O)cc21)NC[C@H](O)c1cccc(NS(=O)(=O)c2ccccc2)c1. The highest BCUT2D eigenvalue weighted by Crippen LogP contribution is 2.25. The zero-order chi connectivity index (χ0) is 26.6. The van der Waals surface area contributed by atoms with E-state index < -0.39 is 16.1 Å². The molecule has 0 amide bonds. The second kappa shape index (κ2) is 10.7. The number of nitrogens with zero attached hydrogens (tertiary/aromatic N) is 2. The first-order valence-corrected chi connectivity index (χ1v) is 13.3. The Morgan fingerprint density at radius 3 is 2.57 bits per heavy atom. The molecule has 0 spiro atoms. The average molecular weight is 523 g/mol. The van der Waals surface area contributed by atoms with E-state index in [9.17, 15) is 23.4 Å². The second-order valence-electron chi connectivity index (χ2n) is 9.53. The van der Waals surface area contributed by atoms with E-state index in [0.717, 1.165) is 5.52 Å². The van der Waals surface area contributed by atoms with Gasteiger partial charge in [-0.25, -0.2) is 13.4 Å². The van der Waals surface area contributed by atoms with E-state index in [2.05, 4.69) is 15.0 Å². The molecule has 194 valence electrons. The summed E-state index contributed by atoms with van der Waals surface area (Å²) in [4.78, 5) is 15.5. The second-order valence-corrected chi connectivity index (χ2v) is 11.2. The van der Waals surface area contributed by atoms with Gasteiger partial charge in [-0.2, -0.15) is 0 Å². The molecule has 0 aliphatic heterocycles. The van der Waals surface area contributed by atoms with E-state index in [0.29, 0.717) is 36.0 Å². The fourth-order valence-corrected chi connectivity index (χ4v) is 5.05. The summed E-state index contributed by atoms with van der Waals surface area (Å²) in [5.41, 5.74) is 2.16. The number of imidazole rings is 1. The molecular weight excluding hydrogens is 492 g/mol. The third kappa shape index (κ3) is 6.34. The average Bonchev–Trinajstić information content (AvgIpc) is 3.27. The molecule has 1 aromatic heterocycles. The number of hydrogen-bond donors (Lipinski definition) is 4. The van der Waals surface area contributed by atoms with Gasteiger partial charge in [0, 0.05) is 30.4 Å². The van der Waals surface area contributed by atoms with Crippen LogP contribution in [-0.2, 0) is 16.6 Å². The first kappa shape index (κ1) is 26.3. The normalized spacial score (nSPS) is 12.9. The van der Waals surface area contributed by atoms with Crippen LogP contribution in [0.25, 0.3) is 11.0 Å². The van der Waals surface area contributed by atoms with Crippen LogP contribution in [0.1, 0.15) is 42.3 Å². The van der Waals surface area contributed by atoms with Crippen molar-refractivity contribution in [2.24, 2.45) is 0 Å².